The number of amides is 1. The Bertz CT molecular complexity index is 453. The number of hydrogen-bond acceptors (Lipinski definition) is 5. The number of aromatic amines is 1. The summed E-state index contributed by atoms with van der Waals surface area (Å²) in [6.45, 7) is 0. The lowest BCUT2D eigenvalue weighted by Gasteiger charge is -1.99. The number of tetrazole rings is 1. The van der Waals surface area contributed by atoms with Gasteiger partial charge in [-0.15, -0.1) is 10.2 Å². The standard InChI is InChI=1S/C7H5ClN6O/c8-4-1-2-5(9-3-4)10-7(15)6-11-13-14-12-6/h1-3H,(H,9,10,15)(H,11,12,13,14). The van der Waals surface area contributed by atoms with E-state index in [4.69, 9.17) is 11.6 Å². The number of halogens is 1. The number of anilines is 1. The first-order chi connectivity index (χ1) is 7.25. The summed E-state index contributed by atoms with van der Waals surface area (Å²) >= 11 is 5.63. The summed E-state index contributed by atoms with van der Waals surface area (Å²) in [7, 11) is 0. The third kappa shape index (κ3) is 2.26. The van der Waals surface area contributed by atoms with E-state index in [-0.39, 0.29) is 5.82 Å². The van der Waals surface area contributed by atoms with E-state index in [2.05, 4.69) is 30.9 Å². The van der Waals surface area contributed by atoms with Crippen LogP contribution in [0.1, 0.15) is 10.6 Å². The predicted molar refractivity (Wildman–Crippen MR) is 51.4 cm³/mol. The van der Waals surface area contributed by atoms with Gasteiger partial charge >= 0.3 is 0 Å². The number of H-pyrrole nitrogens is 1. The minimum atomic E-state index is -0.487. The Hall–Kier alpha value is -2.02. The fraction of sp³-hybridized carbons (Fsp3) is 0. The van der Waals surface area contributed by atoms with Crippen LogP contribution in [0.3, 0.4) is 0 Å². The second-order valence-corrected chi connectivity index (χ2v) is 2.99. The van der Waals surface area contributed by atoms with Crippen molar-refractivity contribution < 1.29 is 4.79 Å². The fourth-order valence-corrected chi connectivity index (χ4v) is 0.992. The van der Waals surface area contributed by atoms with Crippen LogP contribution >= 0.6 is 11.6 Å². The van der Waals surface area contributed by atoms with E-state index >= 15 is 0 Å². The van der Waals surface area contributed by atoms with Gasteiger partial charge in [0, 0.05) is 6.20 Å². The van der Waals surface area contributed by atoms with E-state index in [0.717, 1.165) is 0 Å². The highest BCUT2D eigenvalue weighted by atomic mass is 35.5. The van der Waals surface area contributed by atoms with Crippen molar-refractivity contribution in [3.05, 3.63) is 29.2 Å². The largest absolute Gasteiger partial charge is 0.304 e. The van der Waals surface area contributed by atoms with Gasteiger partial charge in [0.1, 0.15) is 5.82 Å². The van der Waals surface area contributed by atoms with Crippen molar-refractivity contribution >= 4 is 23.3 Å². The zero-order chi connectivity index (χ0) is 10.7. The number of nitrogens with zero attached hydrogens (tertiary/aromatic N) is 4. The summed E-state index contributed by atoms with van der Waals surface area (Å²) in [6.07, 6.45) is 1.42. The number of carbonyl (C=O) groups is 1. The first-order valence-corrected chi connectivity index (χ1v) is 4.30. The number of rotatable bonds is 2. The van der Waals surface area contributed by atoms with Crippen LogP contribution in [-0.2, 0) is 0 Å². The highest BCUT2D eigenvalue weighted by Crippen LogP contribution is 2.09. The molecule has 8 heteroatoms. The molecule has 2 rings (SSSR count). The minimum absolute atomic E-state index is 0.0493. The van der Waals surface area contributed by atoms with Gasteiger partial charge in [0.15, 0.2) is 0 Å². The molecule has 0 fully saturated rings. The number of aromatic nitrogens is 5. The van der Waals surface area contributed by atoms with Gasteiger partial charge in [-0.25, -0.2) is 4.98 Å². The zero-order valence-electron chi connectivity index (χ0n) is 7.31. The normalized spacial score (nSPS) is 9.93. The maximum Gasteiger partial charge on any atom is 0.298 e. The summed E-state index contributed by atoms with van der Waals surface area (Å²) in [4.78, 5) is 15.3. The van der Waals surface area contributed by atoms with Gasteiger partial charge in [0.2, 0.25) is 0 Å². The van der Waals surface area contributed by atoms with E-state index < -0.39 is 5.91 Å². The van der Waals surface area contributed by atoms with Crippen LogP contribution in [0.4, 0.5) is 5.82 Å². The first kappa shape index (κ1) is 9.53. The van der Waals surface area contributed by atoms with E-state index in [1.165, 1.54) is 6.20 Å². The van der Waals surface area contributed by atoms with E-state index in [9.17, 15) is 4.79 Å². The van der Waals surface area contributed by atoms with Crippen LogP contribution in [-0.4, -0.2) is 31.5 Å². The molecular weight excluding hydrogens is 220 g/mol. The highest BCUT2D eigenvalue weighted by Gasteiger charge is 2.10. The summed E-state index contributed by atoms with van der Waals surface area (Å²) in [6, 6.07) is 3.18. The van der Waals surface area contributed by atoms with E-state index in [1.54, 1.807) is 12.1 Å². The molecule has 0 spiro atoms. The Morgan fingerprint density at radius 3 is 2.93 bits per heavy atom. The molecule has 7 nitrogen and oxygen atoms in total. The van der Waals surface area contributed by atoms with Crippen LogP contribution < -0.4 is 5.32 Å². The molecule has 2 N–H and O–H groups in total. The second-order valence-electron chi connectivity index (χ2n) is 2.55. The molecule has 2 heterocycles. The molecule has 0 atom stereocenters. The Labute approximate surface area is 88.9 Å². The third-order valence-electron chi connectivity index (χ3n) is 1.52. The van der Waals surface area contributed by atoms with Gasteiger partial charge < -0.3 is 5.32 Å². The topological polar surface area (TPSA) is 96.5 Å². The van der Waals surface area contributed by atoms with Gasteiger partial charge in [-0.3, -0.25) is 4.79 Å². The first-order valence-electron chi connectivity index (χ1n) is 3.92. The maximum absolute atomic E-state index is 11.4. The summed E-state index contributed by atoms with van der Waals surface area (Å²) in [5, 5.41) is 15.4. The van der Waals surface area contributed by atoms with Crippen LogP contribution in [0.15, 0.2) is 18.3 Å². The van der Waals surface area contributed by atoms with Crippen molar-refractivity contribution in [2.75, 3.05) is 5.32 Å². The fourth-order valence-electron chi connectivity index (χ4n) is 0.880. The molecular formula is C7H5ClN6O. The van der Waals surface area contributed by atoms with Crippen molar-refractivity contribution in [1.82, 2.24) is 25.6 Å². The van der Waals surface area contributed by atoms with Crippen molar-refractivity contribution in [3.63, 3.8) is 0 Å². The predicted octanol–water partition coefficient (Wildman–Crippen LogP) is 0.500. The molecule has 2 aromatic rings. The van der Waals surface area contributed by atoms with E-state index in [0.29, 0.717) is 10.8 Å². The molecule has 76 valence electrons. The molecule has 0 aliphatic heterocycles. The molecule has 15 heavy (non-hydrogen) atoms. The number of hydrogen-bond donors (Lipinski definition) is 2. The lowest BCUT2D eigenvalue weighted by atomic mass is 10.4. The molecule has 0 aliphatic rings. The van der Waals surface area contributed by atoms with Gasteiger partial charge in [-0.2, -0.15) is 5.21 Å². The van der Waals surface area contributed by atoms with Gasteiger partial charge in [-0.05, 0) is 17.3 Å². The van der Waals surface area contributed by atoms with Crippen molar-refractivity contribution in [3.8, 4) is 0 Å². The van der Waals surface area contributed by atoms with Gasteiger partial charge in [0.05, 0.1) is 5.02 Å². The Morgan fingerprint density at radius 2 is 2.33 bits per heavy atom. The average molecular weight is 225 g/mol. The smallest absolute Gasteiger partial charge is 0.298 e. The van der Waals surface area contributed by atoms with Gasteiger partial charge in [-0.1, -0.05) is 11.6 Å². The van der Waals surface area contributed by atoms with Crippen molar-refractivity contribution in [1.29, 1.82) is 0 Å². The summed E-state index contributed by atoms with van der Waals surface area (Å²) in [5.74, 6) is -0.167. The molecule has 0 unspecified atom stereocenters. The average Bonchev–Trinajstić information content (AvgIpc) is 2.74. The molecule has 1 amide bonds. The number of carbonyl (C=O) groups excluding carboxylic acids is 1. The molecule has 0 radical (unpaired) electrons. The highest BCUT2D eigenvalue weighted by molar-refractivity contribution is 6.30. The lowest BCUT2D eigenvalue weighted by Crippen LogP contribution is -2.14. The molecule has 2 aromatic heterocycles. The number of nitrogens with one attached hydrogen (secondary N) is 2. The van der Waals surface area contributed by atoms with Crippen LogP contribution in [0.2, 0.25) is 5.02 Å². The Kier molecular flexibility index (Phi) is 2.55. The number of pyridine rings is 1. The molecule has 0 aromatic carbocycles. The Morgan fingerprint density at radius 1 is 1.47 bits per heavy atom. The zero-order valence-corrected chi connectivity index (χ0v) is 8.06. The van der Waals surface area contributed by atoms with Crippen LogP contribution in [0.25, 0.3) is 0 Å². The van der Waals surface area contributed by atoms with Gasteiger partial charge in [0.25, 0.3) is 11.7 Å². The maximum atomic E-state index is 11.4. The summed E-state index contributed by atoms with van der Waals surface area (Å²) in [5.41, 5.74) is 0. The summed E-state index contributed by atoms with van der Waals surface area (Å²) < 4.78 is 0. The van der Waals surface area contributed by atoms with Crippen molar-refractivity contribution in [2.24, 2.45) is 0 Å². The van der Waals surface area contributed by atoms with Crippen molar-refractivity contribution in [2.45, 2.75) is 0 Å². The second kappa shape index (κ2) is 4.01. The quantitative estimate of drug-likeness (QED) is 0.774. The molecule has 0 saturated heterocycles. The van der Waals surface area contributed by atoms with Crippen LogP contribution in [0.5, 0.6) is 0 Å². The molecule has 0 bridgehead atoms. The molecule has 0 aliphatic carbocycles. The third-order valence-corrected chi connectivity index (χ3v) is 1.74. The SMILES string of the molecule is O=C(Nc1ccc(Cl)cn1)c1nn[nH]n1. The van der Waals surface area contributed by atoms with Crippen LogP contribution in [0, 0.1) is 0 Å². The Balaban J connectivity index is 2.09. The monoisotopic (exact) mass is 224 g/mol. The molecule has 0 saturated carbocycles. The van der Waals surface area contributed by atoms with E-state index in [1.807, 2.05) is 0 Å². The minimum Gasteiger partial charge on any atom is -0.304 e. The lowest BCUT2D eigenvalue weighted by molar-refractivity contribution is 0.101.